The van der Waals surface area contributed by atoms with Crippen molar-refractivity contribution < 1.29 is 19.1 Å². The highest BCUT2D eigenvalue weighted by atomic mass is 35.5. The number of hydrogen-bond donors (Lipinski definition) is 1. The number of carbonyl (C=O) groups is 2. The third-order valence-corrected chi connectivity index (χ3v) is 4.26. The molecule has 2 atom stereocenters. The Bertz CT molecular complexity index is 614. The Kier molecular flexibility index (Phi) is 10.3. The van der Waals surface area contributed by atoms with Crippen molar-refractivity contribution in [3.05, 3.63) is 39.9 Å². The summed E-state index contributed by atoms with van der Waals surface area (Å²) in [5.41, 5.74) is 0.859. The molecule has 0 saturated carbocycles. The third-order valence-electron chi connectivity index (χ3n) is 3.82. The molecular formula is C19H25Cl2NO4. The van der Waals surface area contributed by atoms with Crippen LogP contribution in [0.4, 0.5) is 0 Å². The molecule has 2 unspecified atom stereocenters. The number of methoxy groups -OCH3 is 2. The Morgan fingerprint density at radius 2 is 1.81 bits per heavy atom. The predicted molar refractivity (Wildman–Crippen MR) is 104 cm³/mol. The van der Waals surface area contributed by atoms with E-state index in [1.165, 1.54) is 14.2 Å². The lowest BCUT2D eigenvalue weighted by Crippen LogP contribution is -2.38. The number of esters is 2. The molecule has 0 heterocycles. The Balaban J connectivity index is 2.54. The van der Waals surface area contributed by atoms with Gasteiger partial charge in [0.25, 0.3) is 0 Å². The van der Waals surface area contributed by atoms with Gasteiger partial charge in [0.15, 0.2) is 0 Å². The smallest absolute Gasteiger partial charge is 0.323 e. The summed E-state index contributed by atoms with van der Waals surface area (Å²) < 4.78 is 9.50. The standard InChI is InChI=1S/C19H25Cl2NO4/c1-13(9-18(23)25-2)7-8-22-17(19(24)26-3)6-4-5-14-10-15(20)12-16(21)11-14/h4-5,10-13,17,22H,6-9H2,1-3H3. The van der Waals surface area contributed by atoms with E-state index < -0.39 is 6.04 Å². The average molecular weight is 402 g/mol. The van der Waals surface area contributed by atoms with Crippen LogP contribution in [0.5, 0.6) is 0 Å². The van der Waals surface area contributed by atoms with Gasteiger partial charge in [-0.25, -0.2) is 0 Å². The van der Waals surface area contributed by atoms with E-state index in [9.17, 15) is 9.59 Å². The van der Waals surface area contributed by atoms with E-state index in [2.05, 4.69) is 10.1 Å². The molecule has 144 valence electrons. The molecule has 0 aromatic heterocycles. The second kappa shape index (κ2) is 11.9. The first-order valence-corrected chi connectivity index (χ1v) is 9.12. The van der Waals surface area contributed by atoms with E-state index in [0.717, 1.165) is 12.0 Å². The molecule has 0 aliphatic heterocycles. The summed E-state index contributed by atoms with van der Waals surface area (Å²) in [6.07, 6.45) is 5.29. The molecule has 0 aliphatic rings. The lowest BCUT2D eigenvalue weighted by molar-refractivity contribution is -0.143. The van der Waals surface area contributed by atoms with Crippen LogP contribution in [0.2, 0.25) is 10.0 Å². The summed E-state index contributed by atoms with van der Waals surface area (Å²) >= 11 is 11.9. The van der Waals surface area contributed by atoms with E-state index >= 15 is 0 Å². The minimum Gasteiger partial charge on any atom is -0.469 e. The highest BCUT2D eigenvalue weighted by molar-refractivity contribution is 6.34. The molecule has 0 spiro atoms. The number of carbonyl (C=O) groups excluding carboxylic acids is 2. The molecule has 5 nitrogen and oxygen atoms in total. The van der Waals surface area contributed by atoms with Gasteiger partial charge in [-0.2, -0.15) is 0 Å². The molecule has 0 amide bonds. The van der Waals surface area contributed by atoms with Gasteiger partial charge in [0.1, 0.15) is 6.04 Å². The van der Waals surface area contributed by atoms with E-state index in [0.29, 0.717) is 29.4 Å². The van der Waals surface area contributed by atoms with Crippen LogP contribution in [0.25, 0.3) is 6.08 Å². The summed E-state index contributed by atoms with van der Waals surface area (Å²) in [5.74, 6) is -0.401. The molecule has 1 aromatic carbocycles. The molecule has 1 N–H and O–H groups in total. The fraction of sp³-hybridized carbons (Fsp3) is 0.474. The zero-order valence-electron chi connectivity index (χ0n) is 15.3. The van der Waals surface area contributed by atoms with Gasteiger partial charge in [0.2, 0.25) is 0 Å². The maximum atomic E-state index is 11.9. The van der Waals surface area contributed by atoms with Gasteiger partial charge < -0.3 is 14.8 Å². The monoisotopic (exact) mass is 401 g/mol. The highest BCUT2D eigenvalue weighted by Gasteiger charge is 2.17. The summed E-state index contributed by atoms with van der Waals surface area (Å²) in [6, 6.07) is 4.78. The first kappa shape index (κ1) is 22.5. The number of benzene rings is 1. The van der Waals surface area contributed by atoms with Crippen molar-refractivity contribution in [1.82, 2.24) is 5.32 Å². The average Bonchev–Trinajstić information content (AvgIpc) is 2.58. The van der Waals surface area contributed by atoms with Crippen molar-refractivity contribution in [2.24, 2.45) is 5.92 Å². The molecule has 1 aromatic rings. The summed E-state index contributed by atoms with van der Waals surface area (Å²) in [6.45, 7) is 2.56. The first-order chi connectivity index (χ1) is 12.3. The largest absolute Gasteiger partial charge is 0.469 e. The minimum atomic E-state index is -0.462. The molecule has 26 heavy (non-hydrogen) atoms. The zero-order valence-corrected chi connectivity index (χ0v) is 16.8. The van der Waals surface area contributed by atoms with Crippen molar-refractivity contribution >= 4 is 41.2 Å². The van der Waals surface area contributed by atoms with E-state index in [1.807, 2.05) is 19.1 Å². The maximum Gasteiger partial charge on any atom is 0.323 e. The lowest BCUT2D eigenvalue weighted by Gasteiger charge is -2.16. The number of hydrogen-bond acceptors (Lipinski definition) is 5. The molecule has 0 saturated heterocycles. The molecular weight excluding hydrogens is 377 g/mol. The highest BCUT2D eigenvalue weighted by Crippen LogP contribution is 2.20. The van der Waals surface area contributed by atoms with Crippen molar-refractivity contribution in [1.29, 1.82) is 0 Å². The van der Waals surface area contributed by atoms with Gasteiger partial charge >= 0.3 is 11.9 Å². The predicted octanol–water partition coefficient (Wildman–Crippen LogP) is 4.12. The summed E-state index contributed by atoms with van der Waals surface area (Å²) in [4.78, 5) is 23.2. The van der Waals surface area contributed by atoms with Gasteiger partial charge in [-0.15, -0.1) is 0 Å². The third kappa shape index (κ3) is 8.70. The van der Waals surface area contributed by atoms with Crippen LogP contribution in [0.3, 0.4) is 0 Å². The van der Waals surface area contributed by atoms with Crippen LogP contribution in [0.1, 0.15) is 31.7 Å². The van der Waals surface area contributed by atoms with Crippen molar-refractivity contribution in [2.45, 2.75) is 32.2 Å². The second-order valence-corrected chi connectivity index (χ2v) is 6.92. The Morgan fingerprint density at radius 1 is 1.15 bits per heavy atom. The topological polar surface area (TPSA) is 64.6 Å². The van der Waals surface area contributed by atoms with Crippen LogP contribution in [-0.2, 0) is 19.1 Å². The van der Waals surface area contributed by atoms with E-state index in [4.69, 9.17) is 27.9 Å². The van der Waals surface area contributed by atoms with E-state index in [1.54, 1.807) is 18.2 Å². The quantitative estimate of drug-likeness (QED) is 0.597. The maximum absolute atomic E-state index is 11.9. The number of nitrogens with one attached hydrogen (secondary N) is 1. The minimum absolute atomic E-state index is 0.164. The SMILES string of the molecule is COC(=O)CC(C)CCNC(CC=Cc1cc(Cl)cc(Cl)c1)C(=O)OC. The molecule has 0 radical (unpaired) electrons. The first-order valence-electron chi connectivity index (χ1n) is 8.36. The van der Waals surface area contributed by atoms with Crippen molar-refractivity contribution in [3.8, 4) is 0 Å². The lowest BCUT2D eigenvalue weighted by atomic mass is 10.0. The Labute approximate surface area is 164 Å². The second-order valence-electron chi connectivity index (χ2n) is 6.04. The van der Waals surface area contributed by atoms with Gasteiger partial charge in [0.05, 0.1) is 14.2 Å². The van der Waals surface area contributed by atoms with Gasteiger partial charge in [0, 0.05) is 16.5 Å². The van der Waals surface area contributed by atoms with E-state index in [-0.39, 0.29) is 17.9 Å². The summed E-state index contributed by atoms with van der Waals surface area (Å²) in [5, 5.41) is 4.28. The number of ether oxygens (including phenoxy) is 2. The molecule has 1 rings (SSSR count). The van der Waals surface area contributed by atoms with Crippen LogP contribution >= 0.6 is 23.2 Å². The fourth-order valence-corrected chi connectivity index (χ4v) is 2.93. The zero-order chi connectivity index (χ0) is 19.5. The Hall–Kier alpha value is -1.56. The van der Waals surface area contributed by atoms with Crippen LogP contribution < -0.4 is 5.32 Å². The normalized spacial score (nSPS) is 13.4. The van der Waals surface area contributed by atoms with Gasteiger partial charge in [-0.3, -0.25) is 9.59 Å². The Morgan fingerprint density at radius 3 is 2.38 bits per heavy atom. The number of rotatable bonds is 10. The van der Waals surface area contributed by atoms with Crippen LogP contribution in [-0.4, -0.2) is 38.7 Å². The molecule has 7 heteroatoms. The van der Waals surface area contributed by atoms with Gasteiger partial charge in [-0.1, -0.05) is 42.3 Å². The molecule has 0 fully saturated rings. The van der Waals surface area contributed by atoms with Crippen LogP contribution in [0.15, 0.2) is 24.3 Å². The fourth-order valence-electron chi connectivity index (χ4n) is 2.39. The van der Waals surface area contributed by atoms with Crippen LogP contribution in [0, 0.1) is 5.92 Å². The summed E-state index contributed by atoms with van der Waals surface area (Å²) in [7, 11) is 2.73. The van der Waals surface area contributed by atoms with Crippen molar-refractivity contribution in [2.75, 3.05) is 20.8 Å². The number of halogens is 2. The molecule has 0 aliphatic carbocycles. The van der Waals surface area contributed by atoms with Gasteiger partial charge in [-0.05, 0) is 49.1 Å². The van der Waals surface area contributed by atoms with Crippen molar-refractivity contribution in [3.63, 3.8) is 0 Å². The molecule has 0 bridgehead atoms.